The van der Waals surface area contributed by atoms with Gasteiger partial charge in [0.1, 0.15) is 6.61 Å². The zero-order valence-electron chi connectivity index (χ0n) is 19.5. The summed E-state index contributed by atoms with van der Waals surface area (Å²) in [4.78, 5) is 37.7. The standard InChI is InChI=1S/C27H32N2O5/c1-18(15-25(30)29-14-6-7-19(29)16-26(31)32)12-13-28-27(33)34-17-24-22-10-4-2-8-20(22)21-9-3-5-11-23(21)24/h2-5,8-11,18-19,24H,6-7,12-17H2,1H3,(H,28,33)(H,31,32). The van der Waals surface area contributed by atoms with Gasteiger partial charge in [-0.1, -0.05) is 55.5 Å². The zero-order chi connectivity index (χ0) is 24.1. The van der Waals surface area contributed by atoms with Crippen molar-refractivity contribution in [1.82, 2.24) is 10.2 Å². The zero-order valence-corrected chi connectivity index (χ0v) is 19.5. The first kappa shape index (κ1) is 23.8. The van der Waals surface area contributed by atoms with E-state index in [0.29, 0.717) is 25.9 Å². The minimum absolute atomic E-state index is 0.00242. The maximum atomic E-state index is 12.6. The molecule has 1 aliphatic heterocycles. The predicted octanol–water partition coefficient (Wildman–Crippen LogP) is 4.41. The largest absolute Gasteiger partial charge is 0.481 e. The number of fused-ring (bicyclic) bond motifs is 3. The molecule has 0 aromatic heterocycles. The van der Waals surface area contributed by atoms with Crippen LogP contribution in [-0.4, -0.2) is 53.7 Å². The van der Waals surface area contributed by atoms with E-state index in [1.54, 1.807) is 4.90 Å². The van der Waals surface area contributed by atoms with Crippen LogP contribution in [0.5, 0.6) is 0 Å². The minimum atomic E-state index is -0.870. The summed E-state index contributed by atoms with van der Waals surface area (Å²) in [5.41, 5.74) is 4.72. The average Bonchev–Trinajstić information content (AvgIpc) is 3.40. The maximum Gasteiger partial charge on any atom is 0.407 e. The van der Waals surface area contributed by atoms with E-state index in [0.717, 1.165) is 12.8 Å². The van der Waals surface area contributed by atoms with E-state index in [4.69, 9.17) is 9.84 Å². The van der Waals surface area contributed by atoms with Crippen molar-refractivity contribution in [2.75, 3.05) is 19.7 Å². The Morgan fingerprint density at radius 1 is 1.09 bits per heavy atom. The molecule has 2 aromatic rings. The third kappa shape index (κ3) is 5.41. The monoisotopic (exact) mass is 464 g/mol. The third-order valence-electron chi connectivity index (χ3n) is 6.88. The number of amides is 2. The molecule has 0 saturated carbocycles. The second-order valence-electron chi connectivity index (χ2n) is 9.33. The van der Waals surface area contributed by atoms with Crippen LogP contribution in [0.15, 0.2) is 48.5 Å². The number of likely N-dealkylation sites (tertiary alicyclic amines) is 1. The van der Waals surface area contributed by atoms with Crippen LogP contribution in [-0.2, 0) is 14.3 Å². The Kier molecular flexibility index (Phi) is 7.50. The van der Waals surface area contributed by atoms with E-state index in [1.165, 1.54) is 22.3 Å². The van der Waals surface area contributed by atoms with Crippen molar-refractivity contribution < 1.29 is 24.2 Å². The second-order valence-corrected chi connectivity index (χ2v) is 9.33. The maximum absolute atomic E-state index is 12.6. The molecule has 0 spiro atoms. The van der Waals surface area contributed by atoms with Gasteiger partial charge in [0.05, 0.1) is 6.42 Å². The smallest absolute Gasteiger partial charge is 0.407 e. The van der Waals surface area contributed by atoms with Crippen molar-refractivity contribution in [3.63, 3.8) is 0 Å². The number of hydrogen-bond acceptors (Lipinski definition) is 4. The van der Waals surface area contributed by atoms with Crippen molar-refractivity contribution in [2.45, 2.75) is 51.0 Å². The highest BCUT2D eigenvalue weighted by atomic mass is 16.5. The number of aliphatic carboxylic acids is 1. The SMILES string of the molecule is CC(CCNC(=O)OCC1c2ccccc2-c2ccccc21)CC(=O)N1CCCC1CC(=O)O. The number of carboxylic acid groups (broad SMARTS) is 1. The van der Waals surface area contributed by atoms with Gasteiger partial charge >= 0.3 is 12.1 Å². The van der Waals surface area contributed by atoms with Gasteiger partial charge < -0.3 is 20.1 Å². The van der Waals surface area contributed by atoms with Gasteiger partial charge in [-0.15, -0.1) is 0 Å². The van der Waals surface area contributed by atoms with Crippen LogP contribution in [0.2, 0.25) is 0 Å². The molecule has 2 N–H and O–H groups in total. The topological polar surface area (TPSA) is 95.9 Å². The molecule has 2 atom stereocenters. The Hall–Kier alpha value is -3.35. The molecular weight excluding hydrogens is 432 g/mol. The molecular formula is C27H32N2O5. The van der Waals surface area contributed by atoms with Gasteiger partial charge in [-0.25, -0.2) is 4.79 Å². The van der Waals surface area contributed by atoms with E-state index in [1.807, 2.05) is 31.2 Å². The molecule has 7 nitrogen and oxygen atoms in total. The number of benzene rings is 2. The average molecular weight is 465 g/mol. The summed E-state index contributed by atoms with van der Waals surface area (Å²) in [5, 5.41) is 11.8. The molecule has 34 heavy (non-hydrogen) atoms. The molecule has 4 rings (SSSR count). The number of carbonyl (C=O) groups excluding carboxylic acids is 2. The number of ether oxygens (including phenoxy) is 1. The van der Waals surface area contributed by atoms with Gasteiger partial charge in [-0.05, 0) is 47.4 Å². The lowest BCUT2D eigenvalue weighted by Gasteiger charge is -2.25. The van der Waals surface area contributed by atoms with E-state index in [-0.39, 0.29) is 36.8 Å². The Bertz CT molecular complexity index is 1010. The number of alkyl carbamates (subject to hydrolysis) is 1. The molecule has 1 heterocycles. The first-order valence-electron chi connectivity index (χ1n) is 12.0. The van der Waals surface area contributed by atoms with Crippen molar-refractivity contribution in [3.05, 3.63) is 59.7 Å². The van der Waals surface area contributed by atoms with Crippen molar-refractivity contribution in [3.8, 4) is 11.1 Å². The number of hydrogen-bond donors (Lipinski definition) is 2. The highest BCUT2D eigenvalue weighted by Gasteiger charge is 2.31. The second kappa shape index (κ2) is 10.7. The van der Waals surface area contributed by atoms with Gasteiger partial charge in [0.2, 0.25) is 5.91 Å². The first-order valence-corrected chi connectivity index (χ1v) is 12.0. The molecule has 0 radical (unpaired) electrons. The van der Waals surface area contributed by atoms with Crippen LogP contribution < -0.4 is 5.32 Å². The summed E-state index contributed by atoms with van der Waals surface area (Å²) in [5.74, 6) is -0.774. The summed E-state index contributed by atoms with van der Waals surface area (Å²) in [7, 11) is 0. The van der Waals surface area contributed by atoms with E-state index in [2.05, 4.69) is 29.6 Å². The molecule has 7 heteroatoms. The van der Waals surface area contributed by atoms with Crippen molar-refractivity contribution >= 4 is 18.0 Å². The number of carbonyl (C=O) groups is 3. The molecule has 1 saturated heterocycles. The number of nitrogens with one attached hydrogen (secondary N) is 1. The fraction of sp³-hybridized carbons (Fsp3) is 0.444. The lowest BCUT2D eigenvalue weighted by molar-refractivity contribution is -0.140. The number of carboxylic acids is 1. The lowest BCUT2D eigenvalue weighted by atomic mass is 9.98. The first-order chi connectivity index (χ1) is 16.4. The molecule has 2 unspecified atom stereocenters. The normalized spacial score (nSPS) is 17.7. The predicted molar refractivity (Wildman–Crippen MR) is 128 cm³/mol. The molecule has 1 aliphatic carbocycles. The highest BCUT2D eigenvalue weighted by molar-refractivity contribution is 5.79. The molecule has 180 valence electrons. The van der Waals surface area contributed by atoms with Gasteiger partial charge in [0, 0.05) is 31.5 Å². The van der Waals surface area contributed by atoms with Gasteiger partial charge in [-0.3, -0.25) is 9.59 Å². The molecule has 2 amide bonds. The quantitative estimate of drug-likeness (QED) is 0.573. The number of nitrogens with zero attached hydrogens (tertiary/aromatic N) is 1. The number of rotatable bonds is 9. The Balaban J connectivity index is 1.21. The fourth-order valence-electron chi connectivity index (χ4n) is 5.17. The highest BCUT2D eigenvalue weighted by Crippen LogP contribution is 2.44. The van der Waals surface area contributed by atoms with E-state index < -0.39 is 12.1 Å². The molecule has 1 fully saturated rings. The van der Waals surface area contributed by atoms with Crippen LogP contribution in [0.4, 0.5) is 4.79 Å². The lowest BCUT2D eigenvalue weighted by Crippen LogP contribution is -2.37. The van der Waals surface area contributed by atoms with Crippen LogP contribution in [0.25, 0.3) is 11.1 Å². The summed E-state index contributed by atoms with van der Waals surface area (Å²) in [6, 6.07) is 16.2. The fourth-order valence-corrected chi connectivity index (χ4v) is 5.17. The van der Waals surface area contributed by atoms with Crippen LogP contribution in [0.1, 0.15) is 56.1 Å². The summed E-state index contributed by atoms with van der Waals surface area (Å²) in [6.07, 6.45) is 2.14. The third-order valence-corrected chi connectivity index (χ3v) is 6.88. The van der Waals surface area contributed by atoms with Gasteiger partial charge in [0.25, 0.3) is 0 Å². The minimum Gasteiger partial charge on any atom is -0.481 e. The van der Waals surface area contributed by atoms with Crippen LogP contribution in [0.3, 0.4) is 0 Å². The van der Waals surface area contributed by atoms with E-state index >= 15 is 0 Å². The summed E-state index contributed by atoms with van der Waals surface area (Å²) >= 11 is 0. The Morgan fingerprint density at radius 3 is 2.38 bits per heavy atom. The summed E-state index contributed by atoms with van der Waals surface area (Å²) < 4.78 is 5.55. The Morgan fingerprint density at radius 2 is 1.74 bits per heavy atom. The van der Waals surface area contributed by atoms with Crippen molar-refractivity contribution in [2.24, 2.45) is 5.92 Å². The van der Waals surface area contributed by atoms with Crippen molar-refractivity contribution in [1.29, 1.82) is 0 Å². The Labute approximate surface area is 200 Å². The van der Waals surface area contributed by atoms with Crippen LogP contribution in [0, 0.1) is 5.92 Å². The van der Waals surface area contributed by atoms with Gasteiger partial charge in [0.15, 0.2) is 0 Å². The van der Waals surface area contributed by atoms with Crippen LogP contribution >= 0.6 is 0 Å². The molecule has 2 aromatic carbocycles. The van der Waals surface area contributed by atoms with Gasteiger partial charge in [-0.2, -0.15) is 0 Å². The molecule has 2 aliphatic rings. The summed E-state index contributed by atoms with van der Waals surface area (Å²) in [6.45, 7) is 3.29. The van der Waals surface area contributed by atoms with E-state index in [9.17, 15) is 14.4 Å². The molecule has 0 bridgehead atoms.